The summed E-state index contributed by atoms with van der Waals surface area (Å²) in [6.45, 7) is 3.60. The molecule has 1 heterocycles. The van der Waals surface area contributed by atoms with Crippen LogP contribution in [0.25, 0.3) is 0 Å². The van der Waals surface area contributed by atoms with Gasteiger partial charge in [-0.15, -0.1) is 11.3 Å². The summed E-state index contributed by atoms with van der Waals surface area (Å²) >= 11 is 4.75. The van der Waals surface area contributed by atoms with E-state index >= 15 is 0 Å². The molecule has 0 spiro atoms. The number of ketones is 1. The van der Waals surface area contributed by atoms with Gasteiger partial charge in [-0.1, -0.05) is 12.1 Å². The first-order chi connectivity index (χ1) is 7.99. The first kappa shape index (κ1) is 12.5. The summed E-state index contributed by atoms with van der Waals surface area (Å²) in [5, 5.41) is 0. The third-order valence-corrected chi connectivity index (χ3v) is 4.65. The second-order valence-electron chi connectivity index (χ2n) is 3.86. The van der Waals surface area contributed by atoms with Gasteiger partial charge in [-0.3, -0.25) is 4.79 Å². The Morgan fingerprint density at radius 2 is 1.94 bits per heavy atom. The molecule has 4 heteroatoms. The molecule has 1 aromatic carbocycles. The van der Waals surface area contributed by atoms with Crippen LogP contribution in [-0.4, -0.2) is 5.78 Å². The van der Waals surface area contributed by atoms with Crippen LogP contribution >= 0.6 is 27.3 Å². The minimum atomic E-state index is -0.344. The van der Waals surface area contributed by atoms with Crippen LogP contribution in [0, 0.1) is 19.7 Å². The minimum absolute atomic E-state index is 0.136. The molecule has 88 valence electrons. The summed E-state index contributed by atoms with van der Waals surface area (Å²) in [5.41, 5.74) is 1.96. The largest absolute Gasteiger partial charge is 0.288 e. The highest BCUT2D eigenvalue weighted by Crippen LogP contribution is 2.29. The molecular weight excluding hydrogens is 303 g/mol. The molecule has 1 aromatic heterocycles. The smallest absolute Gasteiger partial charge is 0.203 e. The second-order valence-corrected chi connectivity index (χ2v) is 6.23. The third-order valence-electron chi connectivity index (χ3n) is 2.52. The number of benzene rings is 1. The predicted molar refractivity (Wildman–Crippen MR) is 71.3 cm³/mol. The molecule has 2 rings (SSSR count). The standard InChI is InChI=1S/C13H10BrFOS/c1-7-3-4-9(6-10(7)15)12(16)11-5-8(2)13(14)17-11/h3-6H,1-2H3. The van der Waals surface area contributed by atoms with Gasteiger partial charge in [0.1, 0.15) is 5.82 Å². The van der Waals surface area contributed by atoms with Crippen molar-refractivity contribution in [2.45, 2.75) is 13.8 Å². The monoisotopic (exact) mass is 312 g/mol. The molecule has 0 saturated carbocycles. The van der Waals surface area contributed by atoms with Crippen molar-refractivity contribution in [1.82, 2.24) is 0 Å². The van der Waals surface area contributed by atoms with Gasteiger partial charge in [0, 0.05) is 5.56 Å². The van der Waals surface area contributed by atoms with Crippen LogP contribution in [0.3, 0.4) is 0 Å². The van der Waals surface area contributed by atoms with E-state index in [2.05, 4.69) is 15.9 Å². The van der Waals surface area contributed by atoms with Gasteiger partial charge in [0.2, 0.25) is 5.78 Å². The molecule has 0 aliphatic carbocycles. The first-order valence-corrected chi connectivity index (χ1v) is 6.67. The quantitative estimate of drug-likeness (QED) is 0.746. The van der Waals surface area contributed by atoms with Gasteiger partial charge in [-0.05, 0) is 53.0 Å². The van der Waals surface area contributed by atoms with Crippen LogP contribution in [0.1, 0.15) is 26.4 Å². The maximum absolute atomic E-state index is 13.4. The van der Waals surface area contributed by atoms with E-state index in [0.717, 1.165) is 9.35 Å². The van der Waals surface area contributed by atoms with Crippen LogP contribution < -0.4 is 0 Å². The van der Waals surface area contributed by atoms with Gasteiger partial charge < -0.3 is 0 Å². The average molecular weight is 313 g/mol. The summed E-state index contributed by atoms with van der Waals surface area (Å²) in [4.78, 5) is 12.7. The highest BCUT2D eigenvalue weighted by Gasteiger charge is 2.14. The molecule has 0 bridgehead atoms. The van der Waals surface area contributed by atoms with Crippen LogP contribution in [0.15, 0.2) is 28.1 Å². The highest BCUT2D eigenvalue weighted by atomic mass is 79.9. The molecule has 17 heavy (non-hydrogen) atoms. The van der Waals surface area contributed by atoms with E-state index in [1.165, 1.54) is 17.4 Å². The van der Waals surface area contributed by atoms with Gasteiger partial charge in [-0.25, -0.2) is 4.39 Å². The number of hydrogen-bond acceptors (Lipinski definition) is 2. The van der Waals surface area contributed by atoms with Crippen molar-refractivity contribution in [3.05, 3.63) is 55.4 Å². The summed E-state index contributed by atoms with van der Waals surface area (Å²) in [7, 11) is 0. The Hall–Kier alpha value is -1.00. The van der Waals surface area contributed by atoms with Crippen LogP contribution in [-0.2, 0) is 0 Å². The van der Waals surface area contributed by atoms with Gasteiger partial charge in [-0.2, -0.15) is 0 Å². The van der Waals surface area contributed by atoms with E-state index in [1.807, 2.05) is 13.0 Å². The molecule has 0 atom stereocenters. The van der Waals surface area contributed by atoms with E-state index in [-0.39, 0.29) is 11.6 Å². The van der Waals surface area contributed by atoms with Crippen molar-refractivity contribution >= 4 is 33.0 Å². The SMILES string of the molecule is Cc1ccc(C(=O)c2cc(C)c(Br)s2)cc1F. The van der Waals surface area contributed by atoms with E-state index < -0.39 is 0 Å². The average Bonchev–Trinajstić information content (AvgIpc) is 2.62. The number of rotatable bonds is 2. The zero-order chi connectivity index (χ0) is 12.6. The van der Waals surface area contributed by atoms with Gasteiger partial charge in [0.25, 0.3) is 0 Å². The normalized spacial score (nSPS) is 10.6. The Bertz CT molecular complexity index is 570. The van der Waals surface area contributed by atoms with E-state index in [4.69, 9.17) is 0 Å². The topological polar surface area (TPSA) is 17.1 Å². The lowest BCUT2D eigenvalue weighted by molar-refractivity contribution is 0.104. The molecule has 0 radical (unpaired) electrons. The Morgan fingerprint density at radius 1 is 1.24 bits per heavy atom. The van der Waals surface area contributed by atoms with Crippen molar-refractivity contribution in [1.29, 1.82) is 0 Å². The van der Waals surface area contributed by atoms with Gasteiger partial charge in [0.15, 0.2) is 0 Å². The molecule has 0 aliphatic rings. The number of halogens is 2. The van der Waals surface area contributed by atoms with Crippen molar-refractivity contribution < 1.29 is 9.18 Å². The predicted octanol–water partition coefficient (Wildman–Crippen LogP) is 4.50. The molecular formula is C13H10BrFOS. The minimum Gasteiger partial charge on any atom is -0.288 e. The molecule has 0 N–H and O–H groups in total. The zero-order valence-corrected chi connectivity index (χ0v) is 11.8. The lowest BCUT2D eigenvalue weighted by Crippen LogP contribution is -1.99. The zero-order valence-electron chi connectivity index (χ0n) is 9.38. The Morgan fingerprint density at radius 3 is 2.47 bits per heavy atom. The number of thiophene rings is 1. The van der Waals surface area contributed by atoms with Crippen LogP contribution in [0.2, 0.25) is 0 Å². The Kier molecular flexibility index (Phi) is 3.45. The maximum Gasteiger partial charge on any atom is 0.203 e. The summed E-state index contributed by atoms with van der Waals surface area (Å²) in [5.74, 6) is -0.481. The molecule has 1 nitrogen and oxygen atoms in total. The van der Waals surface area contributed by atoms with Crippen molar-refractivity contribution in [3.8, 4) is 0 Å². The maximum atomic E-state index is 13.4. The lowest BCUT2D eigenvalue weighted by atomic mass is 10.1. The van der Waals surface area contributed by atoms with E-state index in [1.54, 1.807) is 19.1 Å². The second kappa shape index (κ2) is 4.70. The number of carbonyl (C=O) groups is 1. The lowest BCUT2D eigenvalue weighted by Gasteiger charge is -2.00. The van der Waals surface area contributed by atoms with Gasteiger partial charge >= 0.3 is 0 Å². The van der Waals surface area contributed by atoms with Crippen molar-refractivity contribution in [2.75, 3.05) is 0 Å². The van der Waals surface area contributed by atoms with Crippen LogP contribution in [0.4, 0.5) is 4.39 Å². The molecule has 0 unspecified atom stereocenters. The first-order valence-electron chi connectivity index (χ1n) is 5.06. The fourth-order valence-corrected chi connectivity index (χ4v) is 2.94. The van der Waals surface area contributed by atoms with Crippen molar-refractivity contribution in [3.63, 3.8) is 0 Å². The molecule has 0 amide bonds. The molecule has 0 saturated heterocycles. The Labute approximate surface area is 111 Å². The Balaban J connectivity index is 2.40. The third kappa shape index (κ3) is 2.48. The van der Waals surface area contributed by atoms with Crippen molar-refractivity contribution in [2.24, 2.45) is 0 Å². The summed E-state index contributed by atoms with van der Waals surface area (Å²) < 4.78 is 14.3. The fraction of sp³-hybridized carbons (Fsp3) is 0.154. The van der Waals surface area contributed by atoms with E-state index in [0.29, 0.717) is 16.0 Å². The number of carbonyl (C=O) groups excluding carboxylic acids is 1. The van der Waals surface area contributed by atoms with Crippen LogP contribution in [0.5, 0.6) is 0 Å². The highest BCUT2D eigenvalue weighted by molar-refractivity contribution is 9.11. The molecule has 0 aliphatic heterocycles. The number of hydrogen-bond donors (Lipinski definition) is 0. The fourth-order valence-electron chi connectivity index (χ4n) is 1.45. The molecule has 0 fully saturated rings. The van der Waals surface area contributed by atoms with Gasteiger partial charge in [0.05, 0.1) is 8.66 Å². The molecule has 2 aromatic rings. The summed E-state index contributed by atoms with van der Waals surface area (Å²) in [6, 6.07) is 6.39. The summed E-state index contributed by atoms with van der Waals surface area (Å²) in [6.07, 6.45) is 0. The number of aryl methyl sites for hydroxylation is 2. The van der Waals surface area contributed by atoms with E-state index in [9.17, 15) is 9.18 Å².